The van der Waals surface area contributed by atoms with Crippen LogP contribution in [-0.2, 0) is 9.53 Å². The SMILES string of the molecule is CC(C(=O)OCCCCCCCCCCC[Si](C)(C)Cl)c1ccccc1. The molecule has 4 heteroatoms. The van der Waals surface area contributed by atoms with Gasteiger partial charge in [-0.25, -0.2) is 0 Å². The third-order valence-electron chi connectivity index (χ3n) is 4.81. The second-order valence-electron chi connectivity index (χ2n) is 7.95. The normalized spacial score (nSPS) is 12.8. The molecule has 2 nitrogen and oxygen atoms in total. The lowest BCUT2D eigenvalue weighted by Gasteiger charge is -2.12. The van der Waals surface area contributed by atoms with Gasteiger partial charge in [0.2, 0.25) is 0 Å². The highest BCUT2D eigenvalue weighted by atomic mass is 35.6. The first-order chi connectivity index (χ1) is 12.4. The maximum atomic E-state index is 12.0. The largest absolute Gasteiger partial charge is 0.465 e. The average molecular weight is 397 g/mol. The molecule has 1 rings (SSSR count). The summed E-state index contributed by atoms with van der Waals surface area (Å²) in [6.45, 7) is 6.92. The number of hydrogen-bond acceptors (Lipinski definition) is 2. The van der Waals surface area contributed by atoms with Gasteiger partial charge in [0, 0.05) is 0 Å². The van der Waals surface area contributed by atoms with Gasteiger partial charge in [0.1, 0.15) is 7.38 Å². The molecule has 0 saturated carbocycles. The van der Waals surface area contributed by atoms with Crippen molar-refractivity contribution in [3.05, 3.63) is 35.9 Å². The lowest BCUT2D eigenvalue weighted by atomic mass is 10.0. The molecule has 1 atom stereocenters. The molecule has 0 aliphatic rings. The van der Waals surface area contributed by atoms with E-state index in [-0.39, 0.29) is 11.9 Å². The maximum absolute atomic E-state index is 12.0. The zero-order chi connectivity index (χ0) is 19.3. The van der Waals surface area contributed by atoms with Gasteiger partial charge in [0.15, 0.2) is 0 Å². The summed E-state index contributed by atoms with van der Waals surface area (Å²) in [7, 11) is -1.35. The third kappa shape index (κ3) is 11.7. The summed E-state index contributed by atoms with van der Waals surface area (Å²) in [6, 6.07) is 11.1. The van der Waals surface area contributed by atoms with Crippen LogP contribution < -0.4 is 0 Å². The van der Waals surface area contributed by atoms with Crippen molar-refractivity contribution < 1.29 is 9.53 Å². The number of ether oxygens (including phenoxy) is 1. The van der Waals surface area contributed by atoms with Crippen LogP contribution >= 0.6 is 11.1 Å². The molecule has 0 fully saturated rings. The predicted molar refractivity (Wildman–Crippen MR) is 116 cm³/mol. The second-order valence-corrected chi connectivity index (χ2v) is 15.0. The molecule has 0 aromatic heterocycles. The van der Waals surface area contributed by atoms with Crippen LogP contribution in [0.15, 0.2) is 30.3 Å². The molecule has 0 bridgehead atoms. The van der Waals surface area contributed by atoms with Gasteiger partial charge in [-0.2, -0.15) is 11.1 Å². The molecule has 1 aromatic carbocycles. The Labute approximate surface area is 166 Å². The second kappa shape index (κ2) is 13.4. The standard InChI is InChI=1S/C22H37ClO2Si/c1-20(21-16-12-11-13-17-21)22(24)25-18-14-9-7-5-4-6-8-10-15-19-26(2,3)23/h11-13,16-17,20H,4-10,14-15,18-19H2,1-3H3. The van der Waals surface area contributed by atoms with Gasteiger partial charge >= 0.3 is 5.97 Å². The summed E-state index contributed by atoms with van der Waals surface area (Å²) in [5, 5.41) is 0. The van der Waals surface area contributed by atoms with E-state index in [0.29, 0.717) is 6.61 Å². The molecular weight excluding hydrogens is 360 g/mol. The van der Waals surface area contributed by atoms with E-state index < -0.39 is 7.38 Å². The lowest BCUT2D eigenvalue weighted by Crippen LogP contribution is -2.14. The molecule has 1 aromatic rings. The van der Waals surface area contributed by atoms with Gasteiger partial charge in [-0.05, 0) is 25.0 Å². The van der Waals surface area contributed by atoms with Crippen molar-refractivity contribution in [3.63, 3.8) is 0 Å². The summed E-state index contributed by atoms with van der Waals surface area (Å²) in [5.74, 6) is -0.289. The zero-order valence-corrected chi connectivity index (χ0v) is 18.7. The fourth-order valence-electron chi connectivity index (χ4n) is 3.06. The number of carbonyl (C=O) groups excluding carboxylic acids is 1. The Morgan fingerprint density at radius 2 is 1.42 bits per heavy atom. The molecule has 0 aliphatic carbocycles. The summed E-state index contributed by atoms with van der Waals surface area (Å²) >= 11 is 6.33. The number of hydrogen-bond donors (Lipinski definition) is 0. The molecule has 148 valence electrons. The fraction of sp³-hybridized carbons (Fsp3) is 0.682. The maximum Gasteiger partial charge on any atom is 0.313 e. The van der Waals surface area contributed by atoms with Crippen LogP contribution in [0.2, 0.25) is 19.1 Å². The predicted octanol–water partition coefficient (Wildman–Crippen LogP) is 7.29. The van der Waals surface area contributed by atoms with Crippen LogP contribution in [0.4, 0.5) is 0 Å². The highest BCUT2D eigenvalue weighted by Crippen LogP contribution is 2.19. The third-order valence-corrected chi connectivity index (χ3v) is 6.92. The van der Waals surface area contributed by atoms with E-state index in [0.717, 1.165) is 18.4 Å². The lowest BCUT2D eigenvalue weighted by molar-refractivity contribution is -0.145. The van der Waals surface area contributed by atoms with Crippen molar-refractivity contribution in [1.29, 1.82) is 0 Å². The van der Waals surface area contributed by atoms with Crippen molar-refractivity contribution in [3.8, 4) is 0 Å². The van der Waals surface area contributed by atoms with Crippen molar-refractivity contribution in [2.75, 3.05) is 6.61 Å². The molecule has 0 N–H and O–H groups in total. The number of carbonyl (C=O) groups is 1. The summed E-state index contributed by atoms with van der Waals surface area (Å²) in [4.78, 5) is 12.0. The van der Waals surface area contributed by atoms with Crippen molar-refractivity contribution in [2.24, 2.45) is 0 Å². The highest BCUT2D eigenvalue weighted by Gasteiger charge is 2.16. The van der Waals surface area contributed by atoms with E-state index in [9.17, 15) is 4.79 Å². The van der Waals surface area contributed by atoms with Gasteiger partial charge in [-0.1, -0.05) is 94.8 Å². The molecule has 0 aliphatic heterocycles. The number of rotatable bonds is 14. The van der Waals surface area contributed by atoms with E-state index in [4.69, 9.17) is 15.8 Å². The summed E-state index contributed by atoms with van der Waals surface area (Å²) < 4.78 is 5.41. The molecular formula is C22H37ClO2Si. The molecule has 0 spiro atoms. The van der Waals surface area contributed by atoms with Crippen molar-refractivity contribution >= 4 is 24.4 Å². The fourth-order valence-corrected chi connectivity index (χ4v) is 4.55. The van der Waals surface area contributed by atoms with E-state index in [2.05, 4.69) is 13.1 Å². The van der Waals surface area contributed by atoms with Crippen LogP contribution in [0.3, 0.4) is 0 Å². The average Bonchev–Trinajstić information content (AvgIpc) is 2.61. The Morgan fingerprint density at radius 1 is 0.923 bits per heavy atom. The van der Waals surface area contributed by atoms with E-state index >= 15 is 0 Å². The number of halogens is 1. The number of esters is 1. The minimum absolute atomic E-state index is 0.112. The molecule has 0 saturated heterocycles. The number of benzene rings is 1. The molecule has 26 heavy (non-hydrogen) atoms. The first kappa shape index (κ1) is 23.2. The molecule has 1 unspecified atom stereocenters. The topological polar surface area (TPSA) is 26.3 Å². The van der Waals surface area contributed by atoms with Crippen molar-refractivity contribution in [2.45, 2.75) is 89.8 Å². The van der Waals surface area contributed by atoms with E-state index in [1.165, 1.54) is 51.0 Å². The summed E-state index contributed by atoms with van der Waals surface area (Å²) in [5.41, 5.74) is 1.02. The Morgan fingerprint density at radius 3 is 1.96 bits per heavy atom. The zero-order valence-electron chi connectivity index (χ0n) is 16.9. The van der Waals surface area contributed by atoms with Crippen LogP contribution in [0.25, 0.3) is 0 Å². The van der Waals surface area contributed by atoms with Crippen LogP contribution in [0.1, 0.15) is 76.2 Å². The van der Waals surface area contributed by atoms with Gasteiger partial charge in [0.25, 0.3) is 0 Å². The number of unbranched alkanes of at least 4 members (excludes halogenated alkanes) is 8. The van der Waals surface area contributed by atoms with Gasteiger partial charge in [-0.15, -0.1) is 0 Å². The van der Waals surface area contributed by atoms with Crippen LogP contribution in [0, 0.1) is 0 Å². The Bertz CT molecular complexity index is 485. The minimum atomic E-state index is -1.35. The summed E-state index contributed by atoms with van der Waals surface area (Å²) in [6.07, 6.45) is 11.3. The first-order valence-corrected chi connectivity index (χ1v) is 14.5. The van der Waals surface area contributed by atoms with Crippen LogP contribution in [-0.4, -0.2) is 20.0 Å². The van der Waals surface area contributed by atoms with E-state index in [1.54, 1.807) is 0 Å². The van der Waals surface area contributed by atoms with Crippen molar-refractivity contribution in [1.82, 2.24) is 0 Å². The van der Waals surface area contributed by atoms with Crippen LogP contribution in [0.5, 0.6) is 0 Å². The monoisotopic (exact) mass is 396 g/mol. The molecule has 0 radical (unpaired) electrons. The Kier molecular flexibility index (Phi) is 12.0. The van der Waals surface area contributed by atoms with Gasteiger partial charge in [0.05, 0.1) is 12.5 Å². The molecule has 0 amide bonds. The molecule has 0 heterocycles. The highest BCUT2D eigenvalue weighted by molar-refractivity contribution is 7.19. The Hall–Kier alpha value is -0.803. The quantitative estimate of drug-likeness (QED) is 0.143. The van der Waals surface area contributed by atoms with Gasteiger partial charge in [-0.3, -0.25) is 4.79 Å². The smallest absolute Gasteiger partial charge is 0.313 e. The van der Waals surface area contributed by atoms with Gasteiger partial charge < -0.3 is 4.74 Å². The first-order valence-electron chi connectivity index (χ1n) is 10.3. The Balaban J connectivity index is 1.91. The minimum Gasteiger partial charge on any atom is -0.465 e. The van der Waals surface area contributed by atoms with E-state index in [1.807, 2.05) is 37.3 Å².